The molecule has 4 aromatic rings. The van der Waals surface area contributed by atoms with E-state index in [0.717, 1.165) is 25.1 Å². The molecule has 1 unspecified atom stereocenters. The first-order valence-electron chi connectivity index (χ1n) is 11.4. The van der Waals surface area contributed by atoms with Crippen molar-refractivity contribution in [3.05, 3.63) is 36.2 Å². The monoisotopic (exact) mass is 468 g/mol. The smallest absolute Gasteiger partial charge is 0.223 e. The van der Waals surface area contributed by atoms with E-state index in [9.17, 15) is 9.50 Å². The second-order valence-electron chi connectivity index (χ2n) is 9.44. The van der Waals surface area contributed by atoms with Crippen molar-refractivity contribution >= 4 is 28.2 Å². The number of benzene rings is 1. The van der Waals surface area contributed by atoms with Crippen LogP contribution < -0.4 is 15.4 Å². The molecular weight excluding hydrogens is 439 g/mol. The largest absolute Gasteiger partial charge is 0.494 e. The zero-order chi connectivity index (χ0) is 24.2. The molecule has 1 fully saturated rings. The average molecular weight is 469 g/mol. The maximum absolute atomic E-state index is 14.4. The molecule has 3 N–H and O–H groups in total. The van der Waals surface area contributed by atoms with Gasteiger partial charge in [-0.3, -0.25) is 4.68 Å². The predicted molar refractivity (Wildman–Crippen MR) is 127 cm³/mol. The molecule has 1 aliphatic heterocycles. The first-order chi connectivity index (χ1) is 16.2. The molecule has 0 saturated carbocycles. The Morgan fingerprint density at radius 1 is 1.29 bits per heavy atom. The number of piperidine rings is 1. The molecule has 0 radical (unpaired) electrons. The van der Waals surface area contributed by atoms with Gasteiger partial charge in [-0.25, -0.2) is 14.4 Å². The minimum Gasteiger partial charge on any atom is -0.494 e. The minimum absolute atomic E-state index is 0.0688. The maximum atomic E-state index is 14.4. The van der Waals surface area contributed by atoms with Crippen molar-refractivity contribution in [1.82, 2.24) is 29.4 Å². The Morgan fingerprint density at radius 2 is 2.09 bits per heavy atom. The summed E-state index contributed by atoms with van der Waals surface area (Å²) < 4.78 is 22.8. The third-order valence-corrected chi connectivity index (χ3v) is 6.92. The zero-order valence-electron chi connectivity index (χ0n) is 19.7. The molecule has 1 aliphatic rings. The number of methoxy groups -OCH3 is 1. The van der Waals surface area contributed by atoms with Gasteiger partial charge in [-0.1, -0.05) is 0 Å². The van der Waals surface area contributed by atoms with Crippen LogP contribution in [0.25, 0.3) is 16.6 Å². The van der Waals surface area contributed by atoms with Gasteiger partial charge < -0.3 is 20.5 Å². The number of nitrogens with zero attached hydrogens (tertiary/aromatic N) is 7. The first kappa shape index (κ1) is 22.3. The van der Waals surface area contributed by atoms with Gasteiger partial charge in [-0.05, 0) is 39.7 Å². The number of aliphatic hydroxyl groups is 1. The van der Waals surface area contributed by atoms with E-state index in [-0.39, 0.29) is 17.6 Å². The molecule has 1 saturated heterocycles. The maximum Gasteiger partial charge on any atom is 0.223 e. The summed E-state index contributed by atoms with van der Waals surface area (Å²) >= 11 is 0. The highest BCUT2D eigenvalue weighted by molar-refractivity contribution is 5.93. The van der Waals surface area contributed by atoms with Crippen LogP contribution in [-0.4, -0.2) is 60.8 Å². The number of hydrogen-bond acceptors (Lipinski definition) is 8. The number of aliphatic hydroxyl groups excluding tert-OH is 1. The highest BCUT2D eigenvalue weighted by atomic mass is 19.1. The van der Waals surface area contributed by atoms with Crippen molar-refractivity contribution in [3.8, 4) is 5.75 Å². The van der Waals surface area contributed by atoms with Crippen LogP contribution in [0, 0.1) is 5.82 Å². The molecule has 0 aliphatic carbocycles. The molecule has 4 heterocycles. The molecule has 0 spiro atoms. The van der Waals surface area contributed by atoms with Crippen LogP contribution in [0.2, 0.25) is 0 Å². The van der Waals surface area contributed by atoms with Gasteiger partial charge in [-0.15, -0.1) is 5.10 Å². The SMILES string of the molecule is COc1cc2nc(N)n3nc([C@H]4CCCN(c5cnn(C(C)(C)C(C)O)c5)C4)nc3c2cc1F. The molecule has 3 aromatic heterocycles. The van der Waals surface area contributed by atoms with Crippen molar-refractivity contribution in [2.24, 2.45) is 0 Å². The van der Waals surface area contributed by atoms with Crippen LogP contribution in [0.15, 0.2) is 24.5 Å². The molecule has 1 aromatic carbocycles. The van der Waals surface area contributed by atoms with E-state index >= 15 is 0 Å². The van der Waals surface area contributed by atoms with Crippen LogP contribution in [0.5, 0.6) is 5.75 Å². The highest BCUT2D eigenvalue weighted by Gasteiger charge is 2.30. The third kappa shape index (κ3) is 3.60. The van der Waals surface area contributed by atoms with Crippen molar-refractivity contribution in [2.45, 2.75) is 51.2 Å². The zero-order valence-corrected chi connectivity index (χ0v) is 19.7. The fourth-order valence-electron chi connectivity index (χ4n) is 4.38. The number of rotatable bonds is 5. The van der Waals surface area contributed by atoms with Crippen molar-refractivity contribution < 1.29 is 14.2 Å². The van der Waals surface area contributed by atoms with Crippen LogP contribution in [0.4, 0.5) is 16.0 Å². The van der Waals surface area contributed by atoms with Gasteiger partial charge in [0, 0.05) is 36.7 Å². The Bertz CT molecular complexity index is 1360. The quantitative estimate of drug-likeness (QED) is 0.459. The average Bonchev–Trinajstić information content (AvgIpc) is 3.48. The number of ether oxygens (including phenoxy) is 1. The summed E-state index contributed by atoms with van der Waals surface area (Å²) in [4.78, 5) is 11.4. The Morgan fingerprint density at radius 3 is 2.82 bits per heavy atom. The molecular formula is C23H29FN8O2. The summed E-state index contributed by atoms with van der Waals surface area (Å²) in [6.45, 7) is 7.28. The molecule has 5 rings (SSSR count). The number of nitrogen functional groups attached to an aromatic ring is 1. The fraction of sp³-hybridized carbons (Fsp3) is 0.478. The second-order valence-corrected chi connectivity index (χ2v) is 9.44. The summed E-state index contributed by atoms with van der Waals surface area (Å²) in [5.74, 6) is 0.516. The van der Waals surface area contributed by atoms with Crippen molar-refractivity contribution in [1.29, 1.82) is 0 Å². The first-order valence-corrected chi connectivity index (χ1v) is 11.4. The summed E-state index contributed by atoms with van der Waals surface area (Å²) in [5.41, 5.74) is 7.60. The van der Waals surface area contributed by atoms with Gasteiger partial charge in [0.25, 0.3) is 0 Å². The Balaban J connectivity index is 1.47. The Labute approximate surface area is 196 Å². The standard InChI is InChI=1S/C23H29FN8O2/c1-13(33)23(2,3)31-12-15(10-26-31)30-7-5-6-14(11-30)20-28-21-16-8-17(24)19(34-4)9-18(16)27-22(25)32(21)29-20/h8-10,12-14,33H,5-7,11H2,1-4H3,(H2,25,27)/t13?,14-/m0/s1. The van der Waals surface area contributed by atoms with Gasteiger partial charge >= 0.3 is 0 Å². The lowest BCUT2D eigenvalue weighted by molar-refractivity contribution is 0.0647. The van der Waals surface area contributed by atoms with Crippen LogP contribution in [0.1, 0.15) is 45.4 Å². The molecule has 10 nitrogen and oxygen atoms in total. The van der Waals surface area contributed by atoms with Crippen molar-refractivity contribution in [3.63, 3.8) is 0 Å². The van der Waals surface area contributed by atoms with E-state index in [4.69, 9.17) is 15.5 Å². The molecule has 0 amide bonds. The number of hydrogen-bond donors (Lipinski definition) is 2. The number of aromatic nitrogens is 6. The predicted octanol–water partition coefficient (Wildman–Crippen LogP) is 2.70. The molecule has 34 heavy (non-hydrogen) atoms. The molecule has 0 bridgehead atoms. The van der Waals surface area contributed by atoms with E-state index in [0.29, 0.717) is 28.9 Å². The summed E-state index contributed by atoms with van der Waals surface area (Å²) in [7, 11) is 1.41. The number of halogens is 1. The number of anilines is 2. The highest BCUT2D eigenvalue weighted by Crippen LogP contribution is 2.32. The van der Waals surface area contributed by atoms with E-state index in [1.165, 1.54) is 23.8 Å². The van der Waals surface area contributed by atoms with Gasteiger partial charge in [0.15, 0.2) is 23.0 Å². The number of fused-ring (bicyclic) bond motifs is 3. The summed E-state index contributed by atoms with van der Waals surface area (Å²) in [6, 6.07) is 2.88. The summed E-state index contributed by atoms with van der Waals surface area (Å²) in [5, 5.41) is 19.8. The third-order valence-electron chi connectivity index (χ3n) is 6.92. The van der Waals surface area contributed by atoms with Crippen molar-refractivity contribution in [2.75, 3.05) is 30.8 Å². The Hall–Kier alpha value is -3.47. The Kier molecular flexibility index (Phi) is 5.31. The second kappa shape index (κ2) is 8.08. The van der Waals surface area contributed by atoms with Crippen LogP contribution >= 0.6 is 0 Å². The lowest BCUT2D eigenvalue weighted by Gasteiger charge is -2.32. The molecule has 180 valence electrons. The minimum atomic E-state index is -0.546. The lowest BCUT2D eigenvalue weighted by atomic mass is 9.97. The van der Waals surface area contributed by atoms with E-state index < -0.39 is 17.5 Å². The molecule has 11 heteroatoms. The van der Waals surface area contributed by atoms with E-state index in [2.05, 4.69) is 20.1 Å². The van der Waals surface area contributed by atoms with Crippen LogP contribution in [0.3, 0.4) is 0 Å². The van der Waals surface area contributed by atoms with Gasteiger partial charge in [0.05, 0.1) is 36.2 Å². The topological polar surface area (TPSA) is 120 Å². The van der Waals surface area contributed by atoms with Gasteiger partial charge in [0.1, 0.15) is 0 Å². The number of nitrogens with two attached hydrogens (primary N) is 1. The lowest BCUT2D eigenvalue weighted by Crippen LogP contribution is -2.38. The van der Waals surface area contributed by atoms with Crippen LogP contribution in [-0.2, 0) is 5.54 Å². The van der Waals surface area contributed by atoms with Gasteiger partial charge in [0.2, 0.25) is 5.95 Å². The van der Waals surface area contributed by atoms with Gasteiger partial charge in [-0.2, -0.15) is 9.61 Å². The fourth-order valence-corrected chi connectivity index (χ4v) is 4.38. The van der Waals surface area contributed by atoms with E-state index in [1.54, 1.807) is 11.6 Å². The normalized spacial score (nSPS) is 18.1. The molecule has 2 atom stereocenters. The summed E-state index contributed by atoms with van der Waals surface area (Å²) in [6.07, 6.45) is 5.14. The van der Waals surface area contributed by atoms with E-state index in [1.807, 2.05) is 26.2 Å².